The summed E-state index contributed by atoms with van der Waals surface area (Å²) >= 11 is 0.775. The van der Waals surface area contributed by atoms with E-state index in [2.05, 4.69) is 15.1 Å². The molecule has 1 aromatic heterocycles. The fourth-order valence-corrected chi connectivity index (χ4v) is 4.27. The highest BCUT2D eigenvalue weighted by Gasteiger charge is 2.24. The number of carbonyl (C=O) groups is 2. The van der Waals surface area contributed by atoms with Crippen molar-refractivity contribution < 1.29 is 39.5 Å². The third kappa shape index (κ3) is 8.37. The van der Waals surface area contributed by atoms with Crippen LogP contribution in [0.15, 0.2) is 28.4 Å². The lowest BCUT2D eigenvalue weighted by Crippen LogP contribution is -2.29. The Morgan fingerprint density at radius 1 is 0.943 bits per heavy atom. The van der Waals surface area contributed by atoms with Gasteiger partial charge in [-0.05, 0) is 49.6 Å². The summed E-state index contributed by atoms with van der Waals surface area (Å²) in [6.45, 7) is 5.98. The second-order valence-corrected chi connectivity index (χ2v) is 8.53. The Bertz CT molecular complexity index is 1020. The molecule has 0 bridgehead atoms. The first-order chi connectivity index (χ1) is 16.8. The minimum atomic E-state index is -1.26. The van der Waals surface area contributed by atoms with Gasteiger partial charge in [0, 0.05) is 25.4 Å². The Balaban J connectivity index is 2.20. The van der Waals surface area contributed by atoms with Crippen LogP contribution in [0, 0.1) is 13.8 Å². The van der Waals surface area contributed by atoms with Crippen LogP contribution in [-0.2, 0) is 9.47 Å². The lowest BCUT2D eigenvalue weighted by molar-refractivity contribution is 0.0696. The van der Waals surface area contributed by atoms with Gasteiger partial charge in [-0.1, -0.05) is 0 Å². The third-order valence-electron chi connectivity index (χ3n) is 5.02. The quantitative estimate of drug-likeness (QED) is 0.196. The van der Waals surface area contributed by atoms with Gasteiger partial charge in [0.05, 0.1) is 38.7 Å². The summed E-state index contributed by atoms with van der Waals surface area (Å²) in [5, 5.41) is 44.8. The average molecular weight is 510 g/mol. The van der Waals surface area contributed by atoms with Crippen LogP contribution in [0.1, 0.15) is 37.6 Å². The maximum Gasteiger partial charge on any atom is 0.346 e. The smallest absolute Gasteiger partial charge is 0.346 e. The summed E-state index contributed by atoms with van der Waals surface area (Å²) in [6.07, 6.45) is 0.738. The number of aliphatic hydroxyl groups excluding tert-OH is 2. The molecular formula is C23H31N3O8S. The fourth-order valence-electron chi connectivity index (χ4n) is 3.31. The van der Waals surface area contributed by atoms with E-state index in [1.54, 1.807) is 6.07 Å². The number of aryl methyl sites for hydroxylation is 1. The minimum Gasteiger partial charge on any atom is -0.478 e. The van der Waals surface area contributed by atoms with Gasteiger partial charge in [0.15, 0.2) is 5.00 Å². The Morgan fingerprint density at radius 3 is 2.23 bits per heavy atom. The SMILES string of the molecule is Cc1cc(N(CCCOCCO)CCOCCO)ccc1N=Nc1sc(C(=O)O)c(C)c1C(=O)O. The zero-order valence-corrected chi connectivity index (χ0v) is 20.6. The maximum atomic E-state index is 11.6. The van der Waals surface area contributed by atoms with Gasteiger partial charge in [0.2, 0.25) is 0 Å². The number of hydrogen-bond acceptors (Lipinski definition) is 10. The van der Waals surface area contributed by atoms with Crippen LogP contribution in [0.5, 0.6) is 0 Å². The van der Waals surface area contributed by atoms with Gasteiger partial charge in [-0.15, -0.1) is 21.6 Å². The number of ether oxygens (including phenoxy) is 2. The Kier molecular flexibility index (Phi) is 11.7. The number of rotatable bonds is 16. The number of nitrogens with zero attached hydrogens (tertiary/aromatic N) is 3. The van der Waals surface area contributed by atoms with Crippen LogP contribution in [0.2, 0.25) is 0 Å². The highest BCUT2D eigenvalue weighted by atomic mass is 32.1. The number of carboxylic acid groups (broad SMARTS) is 2. The van der Waals surface area contributed by atoms with E-state index < -0.39 is 11.9 Å². The van der Waals surface area contributed by atoms with E-state index in [1.165, 1.54) is 6.92 Å². The van der Waals surface area contributed by atoms with Crippen molar-refractivity contribution in [3.05, 3.63) is 39.8 Å². The molecule has 0 saturated heterocycles. The summed E-state index contributed by atoms with van der Waals surface area (Å²) in [6, 6.07) is 5.55. The van der Waals surface area contributed by atoms with Gasteiger partial charge in [-0.3, -0.25) is 0 Å². The van der Waals surface area contributed by atoms with Crippen LogP contribution in [-0.4, -0.2) is 85.1 Å². The molecule has 2 aromatic rings. The zero-order valence-electron chi connectivity index (χ0n) is 19.8. The van der Waals surface area contributed by atoms with E-state index in [1.807, 2.05) is 19.1 Å². The summed E-state index contributed by atoms with van der Waals surface area (Å²) in [5.41, 5.74) is 2.23. The number of hydrogen-bond donors (Lipinski definition) is 4. The normalized spacial score (nSPS) is 11.3. The number of thiophene rings is 1. The predicted molar refractivity (Wildman–Crippen MR) is 131 cm³/mol. The predicted octanol–water partition coefficient (Wildman–Crippen LogP) is 3.39. The second kappa shape index (κ2) is 14.5. The maximum absolute atomic E-state index is 11.6. The number of carboxylic acids is 2. The van der Waals surface area contributed by atoms with Crippen LogP contribution in [0.25, 0.3) is 0 Å². The molecule has 35 heavy (non-hydrogen) atoms. The van der Waals surface area contributed by atoms with E-state index >= 15 is 0 Å². The molecule has 0 saturated carbocycles. The lowest BCUT2D eigenvalue weighted by Gasteiger charge is -2.25. The molecule has 4 N–H and O–H groups in total. The van der Waals surface area contributed by atoms with Crippen molar-refractivity contribution in [1.82, 2.24) is 0 Å². The van der Waals surface area contributed by atoms with E-state index in [4.69, 9.17) is 19.7 Å². The van der Waals surface area contributed by atoms with Crippen LogP contribution in [0.3, 0.4) is 0 Å². The highest BCUT2D eigenvalue weighted by molar-refractivity contribution is 7.18. The molecule has 0 aliphatic rings. The van der Waals surface area contributed by atoms with Gasteiger partial charge >= 0.3 is 11.9 Å². The van der Waals surface area contributed by atoms with Crippen molar-refractivity contribution in [2.75, 3.05) is 57.6 Å². The van der Waals surface area contributed by atoms with Crippen LogP contribution >= 0.6 is 11.3 Å². The summed E-state index contributed by atoms with van der Waals surface area (Å²) in [7, 11) is 0. The Morgan fingerprint density at radius 2 is 1.63 bits per heavy atom. The van der Waals surface area contributed by atoms with E-state index in [0.717, 1.165) is 29.0 Å². The molecule has 11 nitrogen and oxygen atoms in total. The molecule has 1 aromatic carbocycles. The number of aromatic carboxylic acids is 2. The molecule has 0 atom stereocenters. The average Bonchev–Trinajstić information content (AvgIpc) is 3.16. The number of azo groups is 1. The van der Waals surface area contributed by atoms with Crippen molar-refractivity contribution in [3.8, 4) is 0 Å². The van der Waals surface area contributed by atoms with Crippen molar-refractivity contribution in [2.45, 2.75) is 20.3 Å². The molecule has 0 amide bonds. The first-order valence-corrected chi connectivity index (χ1v) is 11.9. The number of anilines is 1. The van der Waals surface area contributed by atoms with Gasteiger partial charge in [-0.2, -0.15) is 0 Å². The van der Waals surface area contributed by atoms with Gasteiger partial charge in [-0.25, -0.2) is 9.59 Å². The minimum absolute atomic E-state index is 0.0233. The number of aliphatic hydroxyl groups is 2. The highest BCUT2D eigenvalue weighted by Crippen LogP contribution is 2.37. The largest absolute Gasteiger partial charge is 0.478 e. The monoisotopic (exact) mass is 509 g/mol. The molecule has 192 valence electrons. The second-order valence-electron chi connectivity index (χ2n) is 7.53. The number of benzene rings is 1. The molecule has 0 unspecified atom stereocenters. The molecule has 1 heterocycles. The molecule has 0 radical (unpaired) electrons. The molecule has 0 fully saturated rings. The van der Waals surface area contributed by atoms with Gasteiger partial charge < -0.3 is 34.8 Å². The Labute approximate surface area is 207 Å². The van der Waals surface area contributed by atoms with Crippen LogP contribution in [0.4, 0.5) is 16.4 Å². The standard InChI is InChI=1S/C23H31N3O8S/c1-15-14-17(26(7-11-34-13-9-28)6-3-10-33-12-8-27)4-5-18(15)24-25-21-19(22(29)30)16(2)20(35-21)23(31)32/h4-5,14,27-28H,3,6-13H2,1-2H3,(H,29,30)(H,31,32). The van der Waals surface area contributed by atoms with Gasteiger partial charge in [0.1, 0.15) is 10.4 Å². The summed E-state index contributed by atoms with van der Waals surface area (Å²) < 4.78 is 10.7. The first kappa shape index (κ1) is 28.3. The summed E-state index contributed by atoms with van der Waals surface area (Å²) in [4.78, 5) is 25.0. The van der Waals surface area contributed by atoms with Crippen LogP contribution < -0.4 is 4.90 Å². The molecule has 0 aliphatic carbocycles. The molecule has 0 spiro atoms. The van der Waals surface area contributed by atoms with Crippen molar-refractivity contribution >= 4 is 39.7 Å². The molecule has 12 heteroatoms. The first-order valence-electron chi connectivity index (χ1n) is 11.0. The summed E-state index contributed by atoms with van der Waals surface area (Å²) in [5.74, 6) is -2.46. The van der Waals surface area contributed by atoms with Crippen molar-refractivity contribution in [1.29, 1.82) is 0 Å². The van der Waals surface area contributed by atoms with Gasteiger partial charge in [0.25, 0.3) is 0 Å². The lowest BCUT2D eigenvalue weighted by atomic mass is 10.1. The molecule has 2 rings (SSSR count). The third-order valence-corrected chi connectivity index (χ3v) is 6.19. The van der Waals surface area contributed by atoms with Crippen molar-refractivity contribution in [2.24, 2.45) is 10.2 Å². The molecular weight excluding hydrogens is 478 g/mol. The fraction of sp³-hybridized carbons (Fsp3) is 0.478. The molecule has 0 aliphatic heterocycles. The zero-order chi connectivity index (χ0) is 25.8. The van der Waals surface area contributed by atoms with E-state index in [-0.39, 0.29) is 40.8 Å². The Hall–Kier alpha value is -2.90. The topological polar surface area (TPSA) is 161 Å². The van der Waals surface area contributed by atoms with E-state index in [0.29, 0.717) is 38.6 Å². The van der Waals surface area contributed by atoms with Crippen molar-refractivity contribution in [3.63, 3.8) is 0 Å². The van der Waals surface area contributed by atoms with E-state index in [9.17, 15) is 19.8 Å².